The summed E-state index contributed by atoms with van der Waals surface area (Å²) in [5.41, 5.74) is 3.82. The summed E-state index contributed by atoms with van der Waals surface area (Å²) in [6.45, 7) is 2.01. The molecule has 0 aliphatic carbocycles. The first-order valence-electron chi connectivity index (χ1n) is 6.82. The number of hydrogen-bond donors (Lipinski definition) is 1. The number of aromatic nitrogens is 3. The zero-order valence-electron chi connectivity index (χ0n) is 12.0. The predicted octanol–water partition coefficient (Wildman–Crippen LogP) is 3.56. The average molecular weight is 276 g/mol. The van der Waals surface area contributed by atoms with Crippen LogP contribution in [0.25, 0.3) is 22.8 Å². The summed E-state index contributed by atoms with van der Waals surface area (Å²) >= 11 is 0. The molecule has 0 unspecified atom stereocenters. The highest BCUT2D eigenvalue weighted by molar-refractivity contribution is 5.67. The number of rotatable bonds is 3. The highest BCUT2D eigenvalue weighted by Crippen LogP contribution is 2.24. The molecule has 0 aliphatic rings. The van der Waals surface area contributed by atoms with Crippen LogP contribution in [0.3, 0.4) is 0 Å². The molecule has 4 nitrogen and oxygen atoms in total. The van der Waals surface area contributed by atoms with E-state index in [9.17, 15) is 0 Å². The van der Waals surface area contributed by atoms with Crippen LogP contribution in [-0.2, 0) is 0 Å². The summed E-state index contributed by atoms with van der Waals surface area (Å²) in [6.07, 6.45) is 1.76. The highest BCUT2D eigenvalue weighted by Gasteiger charge is 2.10. The second-order valence-electron chi connectivity index (χ2n) is 4.75. The van der Waals surface area contributed by atoms with Crippen molar-refractivity contribution in [1.29, 1.82) is 0 Å². The summed E-state index contributed by atoms with van der Waals surface area (Å²) in [6, 6.07) is 15.9. The van der Waals surface area contributed by atoms with Gasteiger partial charge < -0.3 is 5.32 Å². The van der Waals surface area contributed by atoms with Gasteiger partial charge in [-0.3, -0.25) is 4.98 Å². The van der Waals surface area contributed by atoms with E-state index in [0.717, 1.165) is 28.3 Å². The van der Waals surface area contributed by atoms with Crippen molar-refractivity contribution in [3.8, 4) is 22.8 Å². The standard InChI is InChI=1S/C17H16N4/c1-12-7-6-10-19-16(12)17-20-14(11-15(18-2)21-17)13-8-4-3-5-9-13/h3-11H,1-2H3,(H,18,20,21). The van der Waals surface area contributed by atoms with Crippen molar-refractivity contribution >= 4 is 5.82 Å². The fraction of sp³-hybridized carbons (Fsp3) is 0.118. The van der Waals surface area contributed by atoms with Crippen LogP contribution in [0.1, 0.15) is 5.56 Å². The Morgan fingerprint density at radius 2 is 1.76 bits per heavy atom. The molecule has 0 aliphatic heterocycles. The first-order chi connectivity index (χ1) is 10.3. The fourth-order valence-electron chi connectivity index (χ4n) is 2.16. The molecule has 0 saturated heterocycles. The predicted molar refractivity (Wildman–Crippen MR) is 85.0 cm³/mol. The Kier molecular flexibility index (Phi) is 3.60. The van der Waals surface area contributed by atoms with Gasteiger partial charge in [-0.1, -0.05) is 36.4 Å². The molecule has 2 aromatic heterocycles. The summed E-state index contributed by atoms with van der Waals surface area (Å²) in [5, 5.41) is 3.09. The van der Waals surface area contributed by atoms with E-state index in [1.54, 1.807) is 6.20 Å². The van der Waals surface area contributed by atoms with Crippen molar-refractivity contribution in [3.63, 3.8) is 0 Å². The quantitative estimate of drug-likeness (QED) is 0.794. The van der Waals surface area contributed by atoms with Crippen molar-refractivity contribution in [2.24, 2.45) is 0 Å². The Balaban J connectivity index is 2.17. The second-order valence-corrected chi connectivity index (χ2v) is 4.75. The SMILES string of the molecule is CNc1cc(-c2ccccc2)nc(-c2ncccc2C)n1. The van der Waals surface area contributed by atoms with E-state index in [0.29, 0.717) is 5.82 Å². The maximum absolute atomic E-state index is 4.67. The third kappa shape index (κ3) is 2.74. The van der Waals surface area contributed by atoms with Crippen LogP contribution < -0.4 is 5.32 Å². The molecule has 0 radical (unpaired) electrons. The topological polar surface area (TPSA) is 50.7 Å². The van der Waals surface area contributed by atoms with Crippen LogP contribution in [0.2, 0.25) is 0 Å². The molecule has 21 heavy (non-hydrogen) atoms. The van der Waals surface area contributed by atoms with Crippen LogP contribution >= 0.6 is 0 Å². The van der Waals surface area contributed by atoms with Crippen LogP contribution in [0.4, 0.5) is 5.82 Å². The Morgan fingerprint density at radius 1 is 0.952 bits per heavy atom. The van der Waals surface area contributed by atoms with E-state index in [1.165, 1.54) is 0 Å². The first kappa shape index (κ1) is 13.2. The molecule has 0 fully saturated rings. The molecule has 3 aromatic rings. The van der Waals surface area contributed by atoms with Gasteiger partial charge in [-0.2, -0.15) is 0 Å². The lowest BCUT2D eigenvalue weighted by Gasteiger charge is -2.09. The van der Waals surface area contributed by atoms with Crippen molar-refractivity contribution in [1.82, 2.24) is 15.0 Å². The van der Waals surface area contributed by atoms with Gasteiger partial charge in [0.05, 0.1) is 5.69 Å². The maximum atomic E-state index is 4.67. The molecule has 0 bridgehead atoms. The Labute approximate surface area is 123 Å². The fourth-order valence-corrected chi connectivity index (χ4v) is 2.16. The van der Waals surface area contributed by atoms with Crippen LogP contribution in [0.5, 0.6) is 0 Å². The number of aryl methyl sites for hydroxylation is 1. The van der Waals surface area contributed by atoms with Crippen LogP contribution in [0.15, 0.2) is 54.7 Å². The lowest BCUT2D eigenvalue weighted by molar-refractivity contribution is 1.12. The van der Waals surface area contributed by atoms with Crippen LogP contribution in [-0.4, -0.2) is 22.0 Å². The number of hydrogen-bond acceptors (Lipinski definition) is 4. The molecule has 4 heteroatoms. The Hall–Kier alpha value is -2.75. The summed E-state index contributed by atoms with van der Waals surface area (Å²) in [7, 11) is 1.85. The van der Waals surface area contributed by atoms with Crippen LogP contribution in [0, 0.1) is 6.92 Å². The zero-order valence-corrected chi connectivity index (χ0v) is 12.0. The Morgan fingerprint density at radius 3 is 2.48 bits per heavy atom. The lowest BCUT2D eigenvalue weighted by Crippen LogP contribution is -2.00. The molecular formula is C17H16N4. The van der Waals surface area contributed by atoms with Crippen molar-refractivity contribution in [2.45, 2.75) is 6.92 Å². The van der Waals surface area contributed by atoms with E-state index in [4.69, 9.17) is 0 Å². The van der Waals surface area contributed by atoms with Gasteiger partial charge in [-0.15, -0.1) is 0 Å². The third-order valence-corrected chi connectivity index (χ3v) is 3.27. The van der Waals surface area contributed by atoms with E-state index < -0.39 is 0 Å². The Bertz CT molecular complexity index is 754. The molecule has 1 N–H and O–H groups in total. The van der Waals surface area contributed by atoms with Gasteiger partial charge in [0.15, 0.2) is 5.82 Å². The molecule has 2 heterocycles. The molecule has 0 amide bonds. The second kappa shape index (κ2) is 5.71. The van der Waals surface area contributed by atoms with Gasteiger partial charge in [-0.05, 0) is 18.6 Å². The van der Waals surface area contributed by atoms with Gasteiger partial charge in [-0.25, -0.2) is 9.97 Å². The van der Waals surface area contributed by atoms with E-state index >= 15 is 0 Å². The molecular weight excluding hydrogens is 260 g/mol. The maximum Gasteiger partial charge on any atom is 0.181 e. The number of anilines is 1. The zero-order chi connectivity index (χ0) is 14.7. The average Bonchev–Trinajstić information content (AvgIpc) is 2.55. The largest absolute Gasteiger partial charge is 0.373 e. The number of pyridine rings is 1. The van der Waals surface area contributed by atoms with Crippen molar-refractivity contribution in [3.05, 3.63) is 60.3 Å². The lowest BCUT2D eigenvalue weighted by atomic mass is 10.1. The number of nitrogens with one attached hydrogen (secondary N) is 1. The van der Waals surface area contributed by atoms with Crippen molar-refractivity contribution in [2.75, 3.05) is 12.4 Å². The highest BCUT2D eigenvalue weighted by atomic mass is 15.0. The van der Waals surface area contributed by atoms with E-state index in [-0.39, 0.29) is 0 Å². The number of benzene rings is 1. The van der Waals surface area contributed by atoms with Gasteiger partial charge in [0, 0.05) is 24.9 Å². The summed E-state index contributed by atoms with van der Waals surface area (Å²) in [4.78, 5) is 13.6. The molecule has 104 valence electrons. The van der Waals surface area contributed by atoms with Gasteiger partial charge in [0.1, 0.15) is 11.5 Å². The molecule has 3 rings (SSSR count). The molecule has 0 spiro atoms. The van der Waals surface area contributed by atoms with Crippen molar-refractivity contribution < 1.29 is 0 Å². The minimum absolute atomic E-state index is 0.638. The molecule has 1 aromatic carbocycles. The third-order valence-electron chi connectivity index (χ3n) is 3.27. The molecule has 0 saturated carbocycles. The van der Waals surface area contributed by atoms with Gasteiger partial charge >= 0.3 is 0 Å². The smallest absolute Gasteiger partial charge is 0.181 e. The van der Waals surface area contributed by atoms with Gasteiger partial charge in [0.2, 0.25) is 0 Å². The van der Waals surface area contributed by atoms with E-state index in [1.807, 2.05) is 62.5 Å². The minimum atomic E-state index is 0.638. The minimum Gasteiger partial charge on any atom is -0.373 e. The summed E-state index contributed by atoms with van der Waals surface area (Å²) in [5.74, 6) is 1.42. The van der Waals surface area contributed by atoms with Gasteiger partial charge in [0.25, 0.3) is 0 Å². The molecule has 0 atom stereocenters. The summed E-state index contributed by atoms with van der Waals surface area (Å²) < 4.78 is 0. The normalized spacial score (nSPS) is 10.4. The monoisotopic (exact) mass is 276 g/mol. The van der Waals surface area contributed by atoms with E-state index in [2.05, 4.69) is 20.3 Å². The number of nitrogens with zero attached hydrogens (tertiary/aromatic N) is 3. The first-order valence-corrected chi connectivity index (χ1v) is 6.82.